The van der Waals surface area contributed by atoms with E-state index in [0.717, 1.165) is 0 Å². The van der Waals surface area contributed by atoms with Crippen LogP contribution in [-0.2, 0) is 0 Å². The lowest BCUT2D eigenvalue weighted by Gasteiger charge is -2.07. The molecule has 0 saturated heterocycles. The van der Waals surface area contributed by atoms with Crippen molar-refractivity contribution in [3.05, 3.63) is 65.9 Å². The monoisotopic (exact) mass is 381 g/mol. The molecule has 0 aliphatic rings. The molecular formula is C20H19N3O5. The topological polar surface area (TPSA) is 103 Å². The van der Waals surface area contributed by atoms with Gasteiger partial charge in [-0.15, -0.1) is 0 Å². The number of benzene rings is 2. The van der Waals surface area contributed by atoms with Gasteiger partial charge < -0.3 is 14.0 Å². The number of methoxy groups -OCH3 is 1. The molecule has 1 aromatic heterocycles. The van der Waals surface area contributed by atoms with Gasteiger partial charge in [0.25, 0.3) is 11.8 Å². The predicted molar refractivity (Wildman–Crippen MR) is 101 cm³/mol. The van der Waals surface area contributed by atoms with Crippen molar-refractivity contribution in [1.82, 2.24) is 16.0 Å². The molecule has 0 aliphatic heterocycles. The Hall–Kier alpha value is -3.81. The lowest BCUT2D eigenvalue weighted by atomic mass is 10.1. The van der Waals surface area contributed by atoms with E-state index in [4.69, 9.17) is 14.0 Å². The van der Waals surface area contributed by atoms with Gasteiger partial charge in [-0.2, -0.15) is 0 Å². The van der Waals surface area contributed by atoms with Gasteiger partial charge in [-0.05, 0) is 43.3 Å². The molecule has 28 heavy (non-hydrogen) atoms. The molecule has 0 unspecified atom stereocenters. The van der Waals surface area contributed by atoms with Crippen molar-refractivity contribution in [3.63, 3.8) is 0 Å². The van der Waals surface area contributed by atoms with E-state index in [9.17, 15) is 9.59 Å². The van der Waals surface area contributed by atoms with Crippen LogP contribution < -0.4 is 20.3 Å². The first kappa shape index (κ1) is 19.0. The molecular weight excluding hydrogens is 362 g/mol. The van der Waals surface area contributed by atoms with Gasteiger partial charge >= 0.3 is 0 Å². The molecule has 0 saturated carbocycles. The van der Waals surface area contributed by atoms with Crippen LogP contribution in [0.5, 0.6) is 11.5 Å². The Morgan fingerprint density at radius 2 is 1.75 bits per heavy atom. The van der Waals surface area contributed by atoms with Crippen molar-refractivity contribution in [2.75, 3.05) is 13.7 Å². The van der Waals surface area contributed by atoms with Crippen molar-refractivity contribution < 1.29 is 23.6 Å². The zero-order chi connectivity index (χ0) is 19.9. The average molecular weight is 381 g/mol. The minimum Gasteiger partial charge on any atom is -0.496 e. The highest BCUT2D eigenvalue weighted by Gasteiger charge is 2.17. The number of ether oxygens (including phenoxy) is 2. The van der Waals surface area contributed by atoms with Crippen LogP contribution in [0.4, 0.5) is 0 Å². The zero-order valence-electron chi connectivity index (χ0n) is 15.4. The number of hydrogen-bond donors (Lipinski definition) is 2. The first-order chi connectivity index (χ1) is 13.6. The lowest BCUT2D eigenvalue weighted by molar-refractivity contribution is 0.0841. The summed E-state index contributed by atoms with van der Waals surface area (Å²) in [6.07, 6.45) is 0. The Kier molecular flexibility index (Phi) is 5.91. The third-order valence-electron chi connectivity index (χ3n) is 3.83. The zero-order valence-corrected chi connectivity index (χ0v) is 15.4. The van der Waals surface area contributed by atoms with Crippen molar-refractivity contribution in [1.29, 1.82) is 0 Å². The van der Waals surface area contributed by atoms with Gasteiger partial charge in [0, 0.05) is 11.6 Å². The fourth-order valence-corrected chi connectivity index (χ4v) is 2.48. The second-order valence-corrected chi connectivity index (χ2v) is 5.64. The van der Waals surface area contributed by atoms with Gasteiger partial charge in [0.15, 0.2) is 11.5 Å². The number of nitrogens with zero attached hydrogens (tertiary/aromatic N) is 1. The van der Waals surface area contributed by atoms with Gasteiger partial charge in [0.2, 0.25) is 0 Å². The number of carbonyl (C=O) groups excluding carboxylic acids is 2. The highest BCUT2D eigenvalue weighted by molar-refractivity contribution is 5.98. The number of rotatable bonds is 6. The van der Waals surface area contributed by atoms with Crippen molar-refractivity contribution >= 4 is 11.8 Å². The summed E-state index contributed by atoms with van der Waals surface area (Å²) in [6.45, 7) is 2.41. The molecule has 1 heterocycles. The van der Waals surface area contributed by atoms with Crippen molar-refractivity contribution in [2.45, 2.75) is 6.92 Å². The molecule has 0 bridgehead atoms. The van der Waals surface area contributed by atoms with E-state index in [0.29, 0.717) is 35.0 Å². The normalized spacial score (nSPS) is 10.2. The average Bonchev–Trinajstić information content (AvgIpc) is 3.22. The number of aromatic nitrogens is 1. The Labute approximate surface area is 161 Å². The lowest BCUT2D eigenvalue weighted by Crippen LogP contribution is -2.41. The van der Waals surface area contributed by atoms with E-state index in [1.54, 1.807) is 43.5 Å². The first-order valence-corrected chi connectivity index (χ1v) is 8.56. The molecule has 0 spiro atoms. The number of hydrazine groups is 1. The van der Waals surface area contributed by atoms with Crippen LogP contribution in [0.3, 0.4) is 0 Å². The molecule has 0 fully saturated rings. The summed E-state index contributed by atoms with van der Waals surface area (Å²) >= 11 is 0. The van der Waals surface area contributed by atoms with Crippen LogP contribution in [0.2, 0.25) is 0 Å². The predicted octanol–water partition coefficient (Wildman–Crippen LogP) is 2.82. The smallest absolute Gasteiger partial charge is 0.291 e. The summed E-state index contributed by atoms with van der Waals surface area (Å²) in [5.41, 5.74) is 5.70. The van der Waals surface area contributed by atoms with E-state index in [1.165, 1.54) is 6.07 Å². The first-order valence-electron chi connectivity index (χ1n) is 8.56. The second kappa shape index (κ2) is 8.72. The Balaban J connectivity index is 1.62. The molecule has 3 rings (SSSR count). The van der Waals surface area contributed by atoms with E-state index in [1.807, 2.05) is 19.1 Å². The highest BCUT2D eigenvalue weighted by atomic mass is 16.5. The van der Waals surface area contributed by atoms with Crippen LogP contribution in [-0.4, -0.2) is 30.7 Å². The maximum absolute atomic E-state index is 12.2. The highest BCUT2D eigenvalue weighted by Crippen LogP contribution is 2.29. The molecule has 3 aromatic rings. The second-order valence-electron chi connectivity index (χ2n) is 5.64. The number of amides is 2. The van der Waals surface area contributed by atoms with E-state index >= 15 is 0 Å². The van der Waals surface area contributed by atoms with Crippen molar-refractivity contribution in [3.8, 4) is 22.8 Å². The SMILES string of the molecule is CCOc1ccc(C(=O)NNC(=O)c2cc(-c3ccccc3OC)on2)cc1. The van der Waals surface area contributed by atoms with Crippen LogP contribution in [0.25, 0.3) is 11.3 Å². The third kappa shape index (κ3) is 4.29. The molecule has 144 valence electrons. The molecule has 0 atom stereocenters. The molecule has 8 heteroatoms. The maximum atomic E-state index is 12.2. The van der Waals surface area contributed by atoms with Gasteiger partial charge in [0.05, 0.1) is 19.3 Å². The Bertz CT molecular complexity index is 966. The number of para-hydroxylation sites is 1. The third-order valence-corrected chi connectivity index (χ3v) is 3.83. The molecule has 0 radical (unpaired) electrons. The van der Waals surface area contributed by atoms with Gasteiger partial charge in [-0.3, -0.25) is 20.4 Å². The van der Waals surface area contributed by atoms with E-state index in [2.05, 4.69) is 16.0 Å². The fourth-order valence-electron chi connectivity index (χ4n) is 2.48. The molecule has 0 aliphatic carbocycles. The summed E-state index contributed by atoms with van der Waals surface area (Å²) in [6, 6.07) is 15.2. The molecule has 2 amide bonds. The Morgan fingerprint density at radius 3 is 2.46 bits per heavy atom. The van der Waals surface area contributed by atoms with E-state index < -0.39 is 11.8 Å². The van der Waals surface area contributed by atoms with Gasteiger partial charge in [-0.25, -0.2) is 0 Å². The molecule has 2 N–H and O–H groups in total. The number of nitrogens with one attached hydrogen (secondary N) is 2. The quantitative estimate of drug-likeness (QED) is 0.637. The van der Waals surface area contributed by atoms with Crippen LogP contribution in [0.15, 0.2) is 59.1 Å². The summed E-state index contributed by atoms with van der Waals surface area (Å²) in [4.78, 5) is 24.4. The summed E-state index contributed by atoms with van der Waals surface area (Å²) in [7, 11) is 1.54. The summed E-state index contributed by atoms with van der Waals surface area (Å²) < 4.78 is 15.8. The summed E-state index contributed by atoms with van der Waals surface area (Å²) in [5.74, 6) is 0.554. The van der Waals surface area contributed by atoms with E-state index in [-0.39, 0.29) is 5.69 Å². The van der Waals surface area contributed by atoms with Crippen LogP contribution in [0, 0.1) is 0 Å². The molecule has 2 aromatic carbocycles. The standard InChI is InChI=1S/C20H19N3O5/c1-3-27-14-10-8-13(9-11-14)19(24)21-22-20(25)16-12-18(28-23-16)15-6-4-5-7-17(15)26-2/h4-12H,3H2,1-2H3,(H,21,24)(H,22,25). The number of carbonyl (C=O) groups is 2. The van der Waals surface area contributed by atoms with Gasteiger partial charge in [-0.1, -0.05) is 17.3 Å². The fraction of sp³-hybridized carbons (Fsp3) is 0.150. The molecule has 8 nitrogen and oxygen atoms in total. The van der Waals surface area contributed by atoms with Crippen LogP contribution >= 0.6 is 0 Å². The largest absolute Gasteiger partial charge is 0.496 e. The van der Waals surface area contributed by atoms with Gasteiger partial charge in [0.1, 0.15) is 11.5 Å². The minimum atomic E-state index is -0.607. The number of hydrogen-bond acceptors (Lipinski definition) is 6. The summed E-state index contributed by atoms with van der Waals surface area (Å²) in [5, 5.41) is 3.74. The minimum absolute atomic E-state index is 0.0212. The maximum Gasteiger partial charge on any atom is 0.291 e. The Morgan fingerprint density at radius 1 is 1.04 bits per heavy atom. The van der Waals surface area contributed by atoms with Crippen molar-refractivity contribution in [2.24, 2.45) is 0 Å². The van der Waals surface area contributed by atoms with Crippen LogP contribution in [0.1, 0.15) is 27.8 Å².